The van der Waals surface area contributed by atoms with Gasteiger partial charge in [0.2, 0.25) is 5.95 Å². The van der Waals surface area contributed by atoms with Gasteiger partial charge in [0.05, 0.1) is 19.2 Å². The van der Waals surface area contributed by atoms with Crippen LogP contribution in [0.3, 0.4) is 0 Å². The van der Waals surface area contributed by atoms with Crippen LogP contribution in [0.15, 0.2) is 42.6 Å². The Hall–Kier alpha value is -3.20. The van der Waals surface area contributed by atoms with E-state index >= 15 is 0 Å². The molecule has 1 N–H and O–H groups in total. The minimum Gasteiger partial charge on any atom is -0.451 e. The lowest BCUT2D eigenvalue weighted by Gasteiger charge is -2.37. The second-order valence-corrected chi connectivity index (χ2v) is 11.2. The number of nitrogens with one attached hydrogen (secondary N) is 1. The first kappa shape index (κ1) is 23.9. The van der Waals surface area contributed by atoms with Gasteiger partial charge in [-0.1, -0.05) is 29.8 Å². The van der Waals surface area contributed by atoms with Crippen LogP contribution in [0.2, 0.25) is 5.02 Å². The van der Waals surface area contributed by atoms with E-state index in [0.29, 0.717) is 35.7 Å². The molecule has 1 unspecified atom stereocenters. The lowest BCUT2D eigenvalue weighted by Crippen LogP contribution is -2.47. The second kappa shape index (κ2) is 9.22. The second-order valence-electron chi connectivity index (χ2n) is 10.8. The fourth-order valence-corrected chi connectivity index (χ4v) is 6.64. The van der Waals surface area contributed by atoms with Gasteiger partial charge in [0, 0.05) is 43.2 Å². The van der Waals surface area contributed by atoms with E-state index < -0.39 is 5.60 Å². The van der Waals surface area contributed by atoms with Gasteiger partial charge in [0.25, 0.3) is 0 Å². The summed E-state index contributed by atoms with van der Waals surface area (Å²) in [4.78, 5) is 25.6. The zero-order valence-corrected chi connectivity index (χ0v) is 22.1. The Morgan fingerprint density at radius 3 is 2.82 bits per heavy atom. The van der Waals surface area contributed by atoms with Gasteiger partial charge in [-0.2, -0.15) is 4.98 Å². The molecule has 8 nitrogen and oxygen atoms in total. The third-order valence-corrected chi connectivity index (χ3v) is 8.56. The number of anilines is 4. The molecule has 0 bridgehead atoms. The van der Waals surface area contributed by atoms with E-state index in [2.05, 4.69) is 34.4 Å². The highest BCUT2D eigenvalue weighted by Crippen LogP contribution is 2.52. The smallest absolute Gasteiger partial charge is 0.311 e. The van der Waals surface area contributed by atoms with Gasteiger partial charge in [-0.15, -0.1) is 0 Å². The van der Waals surface area contributed by atoms with E-state index in [4.69, 9.17) is 26.1 Å². The standard InChI is InChI=1S/C29H30ClN5O3/c1-34-9-6-21-19(16-34)12-20(13-22(21)18-7-10-37-11-8-18)32-28-31-15-24(30)27(33-28)35-17-29(14-26(36)38-29)23-4-2-3-5-25(23)35/h2-5,12-13,15,18H,6-11,14,16-17H2,1H3,(H,31,32,33). The zero-order chi connectivity index (χ0) is 25.9. The minimum absolute atomic E-state index is 0.184. The van der Waals surface area contributed by atoms with Crippen molar-refractivity contribution in [3.05, 3.63) is 69.9 Å². The highest BCUT2D eigenvalue weighted by Gasteiger charge is 2.55. The van der Waals surface area contributed by atoms with Gasteiger partial charge in [-0.3, -0.25) is 4.79 Å². The van der Waals surface area contributed by atoms with Crippen molar-refractivity contribution in [3.8, 4) is 0 Å². The number of esters is 1. The Morgan fingerprint density at radius 1 is 1.18 bits per heavy atom. The quantitative estimate of drug-likeness (QED) is 0.469. The minimum atomic E-state index is -0.640. The Kier molecular flexibility index (Phi) is 5.80. The Balaban J connectivity index is 1.23. The van der Waals surface area contributed by atoms with Gasteiger partial charge in [-0.25, -0.2) is 4.98 Å². The first-order valence-corrected chi connectivity index (χ1v) is 13.7. The number of para-hydroxylation sites is 1. The van der Waals surface area contributed by atoms with Crippen LogP contribution >= 0.6 is 11.6 Å². The number of ether oxygens (including phenoxy) is 2. The number of hydrogen-bond donors (Lipinski definition) is 1. The lowest BCUT2D eigenvalue weighted by atomic mass is 9.83. The van der Waals surface area contributed by atoms with E-state index in [-0.39, 0.29) is 5.97 Å². The number of aromatic nitrogens is 2. The number of carbonyl (C=O) groups excluding carboxylic acids is 1. The van der Waals surface area contributed by atoms with E-state index in [1.54, 1.807) is 6.20 Å². The Morgan fingerprint density at radius 2 is 2.00 bits per heavy atom. The van der Waals surface area contributed by atoms with Crippen molar-refractivity contribution in [2.24, 2.45) is 0 Å². The molecule has 5 heterocycles. The molecular formula is C29H30ClN5O3. The van der Waals surface area contributed by atoms with Gasteiger partial charge >= 0.3 is 5.97 Å². The number of carbonyl (C=O) groups is 1. The van der Waals surface area contributed by atoms with Crippen LogP contribution in [-0.4, -0.2) is 54.2 Å². The summed E-state index contributed by atoms with van der Waals surface area (Å²) in [5, 5.41) is 3.92. The molecule has 1 aromatic heterocycles. The van der Waals surface area contributed by atoms with E-state index in [1.165, 1.54) is 16.7 Å². The fraction of sp³-hybridized carbons (Fsp3) is 0.414. The van der Waals surface area contributed by atoms with Crippen LogP contribution in [0.5, 0.6) is 0 Å². The third kappa shape index (κ3) is 4.02. The van der Waals surface area contributed by atoms with Gasteiger partial charge in [-0.05, 0) is 67.1 Å². The van der Waals surface area contributed by atoms with Crippen molar-refractivity contribution in [1.82, 2.24) is 14.9 Å². The number of fused-ring (bicyclic) bond motifs is 3. The molecule has 196 valence electrons. The number of halogens is 1. The number of rotatable bonds is 4. The van der Waals surface area contributed by atoms with Crippen LogP contribution in [0.25, 0.3) is 0 Å². The molecule has 9 heteroatoms. The summed E-state index contributed by atoms with van der Waals surface area (Å²) < 4.78 is 11.3. The van der Waals surface area contributed by atoms with Crippen LogP contribution in [0.1, 0.15) is 47.4 Å². The molecular weight excluding hydrogens is 502 g/mol. The molecule has 2 aromatic carbocycles. The van der Waals surface area contributed by atoms with Crippen molar-refractivity contribution in [3.63, 3.8) is 0 Å². The van der Waals surface area contributed by atoms with Crippen molar-refractivity contribution in [2.45, 2.75) is 43.7 Å². The third-order valence-electron chi connectivity index (χ3n) is 8.30. The monoisotopic (exact) mass is 531 g/mol. The van der Waals surface area contributed by atoms with Crippen LogP contribution < -0.4 is 10.2 Å². The predicted molar refractivity (Wildman–Crippen MR) is 145 cm³/mol. The topological polar surface area (TPSA) is 79.8 Å². The molecule has 2 saturated heterocycles. The van der Waals surface area contributed by atoms with Crippen LogP contribution in [-0.2, 0) is 32.8 Å². The lowest BCUT2D eigenvalue weighted by molar-refractivity contribution is -0.190. The van der Waals surface area contributed by atoms with E-state index in [1.807, 2.05) is 29.2 Å². The summed E-state index contributed by atoms with van der Waals surface area (Å²) in [7, 11) is 2.17. The van der Waals surface area contributed by atoms with Crippen LogP contribution in [0.4, 0.5) is 23.1 Å². The summed E-state index contributed by atoms with van der Waals surface area (Å²) in [5.41, 5.74) is 6.57. The molecule has 2 fully saturated rings. The van der Waals surface area contributed by atoms with Gasteiger partial charge in [0.1, 0.15) is 5.02 Å². The summed E-state index contributed by atoms with van der Waals surface area (Å²) in [6.45, 7) is 4.11. The zero-order valence-electron chi connectivity index (χ0n) is 21.4. The maximum atomic E-state index is 11.8. The molecule has 1 spiro atoms. The first-order chi connectivity index (χ1) is 18.5. The highest BCUT2D eigenvalue weighted by atomic mass is 35.5. The molecule has 0 amide bonds. The molecule has 1 atom stereocenters. The molecule has 3 aromatic rings. The molecule has 0 aliphatic carbocycles. The summed E-state index contributed by atoms with van der Waals surface area (Å²) >= 11 is 6.65. The predicted octanol–water partition coefficient (Wildman–Crippen LogP) is 5.05. The summed E-state index contributed by atoms with van der Waals surface area (Å²) in [5.74, 6) is 1.40. The number of likely N-dealkylation sites (N-methyl/N-ethyl adjacent to an activating group) is 1. The average Bonchev–Trinajstić information content (AvgIpc) is 3.25. The molecule has 38 heavy (non-hydrogen) atoms. The van der Waals surface area contributed by atoms with Crippen molar-refractivity contribution >= 4 is 40.7 Å². The van der Waals surface area contributed by atoms with Crippen molar-refractivity contribution in [1.29, 1.82) is 0 Å². The highest BCUT2D eigenvalue weighted by molar-refractivity contribution is 6.33. The molecule has 0 radical (unpaired) electrons. The molecule has 4 aliphatic rings. The maximum absolute atomic E-state index is 11.8. The molecule has 7 rings (SSSR count). The number of nitrogens with zero attached hydrogens (tertiary/aromatic N) is 4. The summed E-state index contributed by atoms with van der Waals surface area (Å²) in [6.07, 6.45) is 5.16. The number of benzene rings is 2. The number of hydrogen-bond acceptors (Lipinski definition) is 8. The molecule has 0 saturated carbocycles. The SMILES string of the molecule is CN1CCc2c(cc(Nc3ncc(Cl)c(N4CC5(CC(=O)O5)c5ccccc54)n3)cc2C2CCOCC2)C1. The Bertz CT molecular complexity index is 1420. The molecule has 4 aliphatic heterocycles. The average molecular weight is 532 g/mol. The van der Waals surface area contributed by atoms with Crippen molar-refractivity contribution in [2.75, 3.05) is 43.6 Å². The van der Waals surface area contributed by atoms with Crippen LogP contribution in [0, 0.1) is 0 Å². The fourth-order valence-electron chi connectivity index (χ4n) is 6.45. The maximum Gasteiger partial charge on any atom is 0.311 e. The largest absolute Gasteiger partial charge is 0.451 e. The summed E-state index contributed by atoms with van der Waals surface area (Å²) in [6, 6.07) is 12.5. The first-order valence-electron chi connectivity index (χ1n) is 13.3. The Labute approximate surface area is 226 Å². The van der Waals surface area contributed by atoms with Gasteiger partial charge < -0.3 is 24.6 Å². The normalized spacial score (nSPS) is 23.1. The van der Waals surface area contributed by atoms with Crippen molar-refractivity contribution < 1.29 is 14.3 Å². The van der Waals surface area contributed by atoms with Gasteiger partial charge in [0.15, 0.2) is 11.4 Å². The van der Waals surface area contributed by atoms with E-state index in [9.17, 15) is 4.79 Å². The van der Waals surface area contributed by atoms with E-state index in [0.717, 1.165) is 62.5 Å².